The van der Waals surface area contributed by atoms with Crippen LogP contribution in [0.4, 0.5) is 4.39 Å². The van der Waals surface area contributed by atoms with Crippen LogP contribution < -0.4 is 10.6 Å². The molecular formula is C17H26FN3O. The van der Waals surface area contributed by atoms with Gasteiger partial charge in [-0.2, -0.15) is 0 Å². The fourth-order valence-corrected chi connectivity index (χ4v) is 2.46. The number of benzene rings is 1. The SMILES string of the molecule is CCNC(=NCC1(O)CCC1)NC(C)c1ccc(C)c(F)c1. The van der Waals surface area contributed by atoms with Crippen molar-refractivity contribution in [2.75, 3.05) is 13.1 Å². The lowest BCUT2D eigenvalue weighted by Crippen LogP contribution is -2.43. The van der Waals surface area contributed by atoms with Gasteiger partial charge in [-0.25, -0.2) is 4.39 Å². The van der Waals surface area contributed by atoms with Crippen molar-refractivity contribution >= 4 is 5.96 Å². The summed E-state index contributed by atoms with van der Waals surface area (Å²) in [6.45, 7) is 6.85. The van der Waals surface area contributed by atoms with Crippen LogP contribution in [0.1, 0.15) is 50.3 Å². The normalized spacial score (nSPS) is 18.5. The number of nitrogens with one attached hydrogen (secondary N) is 2. The Morgan fingerprint density at radius 1 is 1.45 bits per heavy atom. The van der Waals surface area contributed by atoms with E-state index in [1.807, 2.05) is 19.9 Å². The minimum Gasteiger partial charge on any atom is -0.388 e. The number of halogens is 1. The smallest absolute Gasteiger partial charge is 0.191 e. The first-order valence-electron chi connectivity index (χ1n) is 7.97. The fraction of sp³-hybridized carbons (Fsp3) is 0.588. The van der Waals surface area contributed by atoms with Crippen LogP contribution in [0.3, 0.4) is 0 Å². The Morgan fingerprint density at radius 3 is 2.73 bits per heavy atom. The van der Waals surface area contributed by atoms with Gasteiger partial charge in [-0.15, -0.1) is 0 Å². The highest BCUT2D eigenvalue weighted by atomic mass is 19.1. The zero-order chi connectivity index (χ0) is 16.2. The molecule has 2 rings (SSSR count). The summed E-state index contributed by atoms with van der Waals surface area (Å²) >= 11 is 0. The second kappa shape index (κ2) is 7.09. The maximum Gasteiger partial charge on any atom is 0.191 e. The fourth-order valence-electron chi connectivity index (χ4n) is 2.46. The van der Waals surface area contributed by atoms with Crippen LogP contribution in [-0.4, -0.2) is 29.8 Å². The minimum atomic E-state index is -0.637. The molecule has 1 atom stereocenters. The van der Waals surface area contributed by atoms with Crippen molar-refractivity contribution in [2.45, 2.75) is 51.7 Å². The van der Waals surface area contributed by atoms with E-state index in [1.165, 1.54) is 0 Å². The Morgan fingerprint density at radius 2 is 2.18 bits per heavy atom. The van der Waals surface area contributed by atoms with Gasteiger partial charge in [0.25, 0.3) is 0 Å². The monoisotopic (exact) mass is 307 g/mol. The van der Waals surface area contributed by atoms with E-state index in [2.05, 4.69) is 15.6 Å². The molecule has 0 aliphatic heterocycles. The summed E-state index contributed by atoms with van der Waals surface area (Å²) in [5.74, 6) is 0.452. The summed E-state index contributed by atoms with van der Waals surface area (Å²) in [7, 11) is 0. The zero-order valence-corrected chi connectivity index (χ0v) is 13.6. The van der Waals surface area contributed by atoms with Crippen molar-refractivity contribution in [2.24, 2.45) is 4.99 Å². The van der Waals surface area contributed by atoms with E-state index in [1.54, 1.807) is 19.1 Å². The molecule has 0 amide bonds. The number of aliphatic imine (C=N–C) groups is 1. The minimum absolute atomic E-state index is 0.0658. The molecule has 5 heteroatoms. The number of nitrogens with zero attached hydrogens (tertiary/aromatic N) is 1. The van der Waals surface area contributed by atoms with Gasteiger partial charge in [0, 0.05) is 6.54 Å². The van der Waals surface area contributed by atoms with Gasteiger partial charge >= 0.3 is 0 Å². The van der Waals surface area contributed by atoms with E-state index < -0.39 is 5.60 Å². The number of aliphatic hydroxyl groups is 1. The maximum atomic E-state index is 13.7. The Kier molecular flexibility index (Phi) is 5.40. The molecule has 1 unspecified atom stereocenters. The van der Waals surface area contributed by atoms with Gasteiger partial charge in [-0.05, 0) is 57.2 Å². The molecule has 22 heavy (non-hydrogen) atoms. The average molecular weight is 307 g/mol. The lowest BCUT2D eigenvalue weighted by atomic mass is 9.80. The van der Waals surface area contributed by atoms with E-state index in [0.717, 1.165) is 31.4 Å². The van der Waals surface area contributed by atoms with Crippen LogP contribution in [0.15, 0.2) is 23.2 Å². The number of guanidine groups is 1. The molecule has 1 aromatic carbocycles. The van der Waals surface area contributed by atoms with Crippen LogP contribution in [0.5, 0.6) is 0 Å². The van der Waals surface area contributed by atoms with Crippen molar-refractivity contribution in [1.82, 2.24) is 10.6 Å². The maximum absolute atomic E-state index is 13.7. The van der Waals surface area contributed by atoms with Crippen LogP contribution in [0.25, 0.3) is 0 Å². The van der Waals surface area contributed by atoms with Crippen LogP contribution in [-0.2, 0) is 0 Å². The Bertz CT molecular complexity index is 541. The third-order valence-corrected chi connectivity index (χ3v) is 4.21. The molecule has 1 fully saturated rings. The van der Waals surface area contributed by atoms with Gasteiger partial charge in [0.05, 0.1) is 18.2 Å². The lowest BCUT2D eigenvalue weighted by molar-refractivity contribution is -0.0236. The first-order chi connectivity index (χ1) is 10.4. The summed E-state index contributed by atoms with van der Waals surface area (Å²) in [5.41, 5.74) is 0.876. The topological polar surface area (TPSA) is 56.7 Å². The zero-order valence-electron chi connectivity index (χ0n) is 13.6. The summed E-state index contributed by atoms with van der Waals surface area (Å²) in [4.78, 5) is 4.46. The van der Waals surface area contributed by atoms with E-state index in [-0.39, 0.29) is 11.9 Å². The summed E-state index contributed by atoms with van der Waals surface area (Å²) in [5, 5.41) is 16.6. The molecule has 0 heterocycles. The predicted molar refractivity (Wildman–Crippen MR) is 87.5 cm³/mol. The molecule has 3 N–H and O–H groups in total. The van der Waals surface area contributed by atoms with E-state index in [4.69, 9.17) is 0 Å². The predicted octanol–water partition coefficient (Wildman–Crippen LogP) is 2.67. The van der Waals surface area contributed by atoms with Gasteiger partial charge in [-0.3, -0.25) is 4.99 Å². The Hall–Kier alpha value is -1.62. The van der Waals surface area contributed by atoms with Crippen molar-refractivity contribution in [3.8, 4) is 0 Å². The molecule has 1 aromatic rings. The summed E-state index contributed by atoms with van der Waals surface area (Å²) in [6.07, 6.45) is 2.69. The summed E-state index contributed by atoms with van der Waals surface area (Å²) < 4.78 is 13.7. The average Bonchev–Trinajstić information content (AvgIpc) is 2.45. The van der Waals surface area contributed by atoms with Crippen molar-refractivity contribution in [3.63, 3.8) is 0 Å². The molecule has 0 aromatic heterocycles. The van der Waals surface area contributed by atoms with Gasteiger partial charge in [0.15, 0.2) is 5.96 Å². The molecule has 4 nitrogen and oxygen atoms in total. The molecular weight excluding hydrogens is 281 g/mol. The van der Waals surface area contributed by atoms with E-state index in [0.29, 0.717) is 18.1 Å². The summed E-state index contributed by atoms with van der Waals surface area (Å²) in [6, 6.07) is 5.18. The highest BCUT2D eigenvalue weighted by Crippen LogP contribution is 2.31. The van der Waals surface area contributed by atoms with Crippen molar-refractivity contribution < 1.29 is 9.50 Å². The van der Waals surface area contributed by atoms with E-state index in [9.17, 15) is 9.50 Å². The molecule has 0 spiro atoms. The highest BCUT2D eigenvalue weighted by molar-refractivity contribution is 5.80. The second-order valence-electron chi connectivity index (χ2n) is 6.15. The molecule has 0 saturated heterocycles. The van der Waals surface area contributed by atoms with Crippen molar-refractivity contribution in [3.05, 3.63) is 35.1 Å². The quantitative estimate of drug-likeness (QED) is 0.579. The van der Waals surface area contributed by atoms with Gasteiger partial charge in [-0.1, -0.05) is 12.1 Å². The number of rotatable bonds is 5. The Labute approximate surface area is 131 Å². The first kappa shape index (κ1) is 16.7. The largest absolute Gasteiger partial charge is 0.388 e. The third-order valence-electron chi connectivity index (χ3n) is 4.21. The van der Waals surface area contributed by atoms with Crippen LogP contribution >= 0.6 is 0 Å². The second-order valence-corrected chi connectivity index (χ2v) is 6.15. The van der Waals surface area contributed by atoms with Gasteiger partial charge in [0.2, 0.25) is 0 Å². The first-order valence-corrected chi connectivity index (χ1v) is 7.97. The van der Waals surface area contributed by atoms with Crippen molar-refractivity contribution in [1.29, 1.82) is 0 Å². The van der Waals surface area contributed by atoms with Gasteiger partial charge in [0.1, 0.15) is 5.82 Å². The van der Waals surface area contributed by atoms with Gasteiger partial charge < -0.3 is 15.7 Å². The molecule has 122 valence electrons. The third kappa shape index (κ3) is 4.19. The number of hydrogen-bond acceptors (Lipinski definition) is 2. The standard InChI is InChI=1S/C17H26FN3O/c1-4-19-16(20-11-17(22)8-5-9-17)21-13(3)14-7-6-12(2)15(18)10-14/h6-7,10,13,22H,4-5,8-9,11H2,1-3H3,(H2,19,20,21). The lowest BCUT2D eigenvalue weighted by Gasteiger charge is -2.35. The molecule has 1 saturated carbocycles. The Balaban J connectivity index is 2.02. The van der Waals surface area contributed by atoms with Crippen LogP contribution in [0.2, 0.25) is 0 Å². The molecule has 0 radical (unpaired) electrons. The molecule has 1 aliphatic rings. The van der Waals surface area contributed by atoms with Crippen LogP contribution in [0, 0.1) is 12.7 Å². The number of hydrogen-bond donors (Lipinski definition) is 3. The van der Waals surface area contributed by atoms with E-state index >= 15 is 0 Å². The molecule has 0 bridgehead atoms. The molecule has 1 aliphatic carbocycles. The highest BCUT2D eigenvalue weighted by Gasteiger charge is 2.34. The number of aryl methyl sites for hydroxylation is 1.